The number of hydrogen-bond acceptors (Lipinski definition) is 4. The number of sulfone groups is 1. The van der Waals surface area contributed by atoms with Crippen molar-refractivity contribution in [3.8, 4) is 0 Å². The molecule has 1 heterocycles. The lowest BCUT2D eigenvalue weighted by Gasteiger charge is -2.34. The highest BCUT2D eigenvalue weighted by atomic mass is 35.5. The molecule has 21 heavy (non-hydrogen) atoms. The van der Waals surface area contributed by atoms with Crippen molar-refractivity contribution in [3.05, 3.63) is 29.8 Å². The molecule has 1 aromatic carbocycles. The van der Waals surface area contributed by atoms with Crippen molar-refractivity contribution in [2.45, 2.75) is 24.3 Å². The van der Waals surface area contributed by atoms with E-state index >= 15 is 0 Å². The van der Waals surface area contributed by atoms with Gasteiger partial charge >= 0.3 is 0 Å². The van der Waals surface area contributed by atoms with Crippen LogP contribution in [0.25, 0.3) is 0 Å². The Kier molecular flexibility index (Phi) is 8.81. The maximum Gasteiger partial charge on any atom is 0.175 e. The molecule has 2 rings (SSSR count). The van der Waals surface area contributed by atoms with E-state index in [4.69, 9.17) is 0 Å². The third kappa shape index (κ3) is 5.42. The third-order valence-electron chi connectivity index (χ3n) is 3.67. The van der Waals surface area contributed by atoms with Crippen molar-refractivity contribution in [2.24, 2.45) is 0 Å². The average Bonchev–Trinajstić information content (AvgIpc) is 2.40. The Morgan fingerprint density at radius 3 is 2.10 bits per heavy atom. The number of nitrogens with one attached hydrogen (secondary N) is 1. The molecule has 4 nitrogen and oxygen atoms in total. The van der Waals surface area contributed by atoms with Gasteiger partial charge in [0.15, 0.2) is 9.84 Å². The summed E-state index contributed by atoms with van der Waals surface area (Å²) >= 11 is 0. The minimum Gasteiger partial charge on any atom is -0.314 e. The molecule has 1 N–H and O–H groups in total. The molecule has 0 radical (unpaired) electrons. The van der Waals surface area contributed by atoms with E-state index in [9.17, 15) is 8.42 Å². The smallest absolute Gasteiger partial charge is 0.175 e. The summed E-state index contributed by atoms with van der Waals surface area (Å²) in [5, 5.41) is 3.35. The Balaban J connectivity index is 0.00000200. The third-order valence-corrected chi connectivity index (χ3v) is 4.80. The van der Waals surface area contributed by atoms with Gasteiger partial charge in [-0.05, 0) is 24.1 Å². The number of hydrogen-bond donors (Lipinski definition) is 1. The van der Waals surface area contributed by atoms with Crippen molar-refractivity contribution in [1.29, 1.82) is 0 Å². The van der Waals surface area contributed by atoms with Crippen LogP contribution in [0, 0.1) is 0 Å². The van der Waals surface area contributed by atoms with Crippen molar-refractivity contribution in [2.75, 3.05) is 32.4 Å². The second-order valence-corrected chi connectivity index (χ2v) is 7.07. The summed E-state index contributed by atoms with van der Waals surface area (Å²) in [7, 11) is -3.10. The van der Waals surface area contributed by atoms with Gasteiger partial charge in [-0.25, -0.2) is 8.42 Å². The van der Waals surface area contributed by atoms with Crippen LogP contribution in [0.15, 0.2) is 29.2 Å². The van der Waals surface area contributed by atoms with Crippen molar-refractivity contribution in [3.63, 3.8) is 0 Å². The van der Waals surface area contributed by atoms with Crippen LogP contribution in [0.2, 0.25) is 0 Å². The number of benzene rings is 1. The zero-order chi connectivity index (χ0) is 13.9. The van der Waals surface area contributed by atoms with E-state index in [1.807, 2.05) is 12.1 Å². The van der Waals surface area contributed by atoms with Crippen LogP contribution in [0.5, 0.6) is 0 Å². The first-order valence-corrected chi connectivity index (χ1v) is 8.66. The summed E-state index contributed by atoms with van der Waals surface area (Å²) in [4.78, 5) is 2.86. The molecular formula is C14H24Cl2N2O2S. The predicted molar refractivity (Wildman–Crippen MR) is 91.5 cm³/mol. The monoisotopic (exact) mass is 354 g/mol. The molecule has 0 spiro atoms. The van der Waals surface area contributed by atoms with Gasteiger partial charge in [0.05, 0.1) is 4.90 Å². The van der Waals surface area contributed by atoms with E-state index in [1.54, 1.807) is 12.1 Å². The van der Waals surface area contributed by atoms with E-state index in [0.717, 1.165) is 32.6 Å². The molecule has 1 saturated heterocycles. The molecule has 1 fully saturated rings. The highest BCUT2D eigenvalue weighted by Crippen LogP contribution is 2.25. The molecule has 1 aromatic rings. The van der Waals surface area contributed by atoms with Crippen LogP contribution >= 0.6 is 24.8 Å². The lowest BCUT2D eigenvalue weighted by molar-refractivity contribution is 0.169. The first kappa shape index (κ1) is 20.7. The quantitative estimate of drug-likeness (QED) is 0.900. The highest BCUT2D eigenvalue weighted by molar-refractivity contribution is 7.90. The van der Waals surface area contributed by atoms with Crippen LogP contribution < -0.4 is 5.32 Å². The Morgan fingerprint density at radius 1 is 1.14 bits per heavy atom. The summed E-state index contributed by atoms with van der Waals surface area (Å²) in [5.74, 6) is 0. The van der Waals surface area contributed by atoms with Crippen LogP contribution in [-0.4, -0.2) is 45.8 Å². The van der Waals surface area contributed by atoms with Crippen molar-refractivity contribution >= 4 is 34.7 Å². The van der Waals surface area contributed by atoms with Gasteiger partial charge in [0.25, 0.3) is 0 Å². The van der Waals surface area contributed by atoms with E-state index in [-0.39, 0.29) is 24.8 Å². The maximum absolute atomic E-state index is 11.5. The fraction of sp³-hybridized carbons (Fsp3) is 0.571. The minimum atomic E-state index is -3.10. The molecule has 0 unspecified atom stereocenters. The largest absolute Gasteiger partial charge is 0.314 e. The second-order valence-electron chi connectivity index (χ2n) is 5.05. The van der Waals surface area contributed by atoms with Crippen molar-refractivity contribution < 1.29 is 8.42 Å². The normalized spacial score (nSPS) is 17.4. The highest BCUT2D eigenvalue weighted by Gasteiger charge is 2.20. The maximum atomic E-state index is 11.5. The molecule has 1 aliphatic heterocycles. The molecule has 122 valence electrons. The molecule has 0 aliphatic carbocycles. The molecule has 0 aromatic heterocycles. The fourth-order valence-electron chi connectivity index (χ4n) is 2.64. The van der Waals surface area contributed by atoms with Gasteiger partial charge in [0.2, 0.25) is 0 Å². The predicted octanol–water partition coefficient (Wildman–Crippen LogP) is 2.29. The number of halogens is 2. The summed E-state index contributed by atoms with van der Waals surface area (Å²) in [6, 6.07) is 7.72. The van der Waals surface area contributed by atoms with Gasteiger partial charge in [-0.3, -0.25) is 4.90 Å². The zero-order valence-electron chi connectivity index (χ0n) is 12.4. The van der Waals surface area contributed by atoms with Crippen LogP contribution in [0.1, 0.15) is 24.9 Å². The topological polar surface area (TPSA) is 49.4 Å². The van der Waals surface area contributed by atoms with Gasteiger partial charge in [-0.15, -0.1) is 24.8 Å². The summed E-state index contributed by atoms with van der Waals surface area (Å²) in [5.41, 5.74) is 1.21. The lowest BCUT2D eigenvalue weighted by Crippen LogP contribution is -2.45. The Bertz CT molecular complexity index is 514. The number of piperazine rings is 1. The number of rotatable bonds is 4. The summed E-state index contributed by atoms with van der Waals surface area (Å²) in [6.45, 7) is 6.33. The molecule has 7 heteroatoms. The molecule has 0 bridgehead atoms. The van der Waals surface area contributed by atoms with Crippen molar-refractivity contribution in [1.82, 2.24) is 10.2 Å². The van der Waals surface area contributed by atoms with Crippen LogP contribution in [0.3, 0.4) is 0 Å². The van der Waals surface area contributed by atoms with E-state index in [2.05, 4.69) is 17.1 Å². The first-order chi connectivity index (χ1) is 9.02. The lowest BCUT2D eigenvalue weighted by atomic mass is 10.0. The molecule has 0 amide bonds. The molecular weight excluding hydrogens is 331 g/mol. The Morgan fingerprint density at radius 2 is 1.67 bits per heavy atom. The van der Waals surface area contributed by atoms with Gasteiger partial charge in [0.1, 0.15) is 0 Å². The fourth-order valence-corrected chi connectivity index (χ4v) is 3.27. The Labute approximate surface area is 140 Å². The first-order valence-electron chi connectivity index (χ1n) is 6.77. The van der Waals surface area contributed by atoms with E-state index in [1.165, 1.54) is 11.8 Å². The Hall–Kier alpha value is -0.330. The molecule has 0 saturated carbocycles. The number of nitrogens with zero attached hydrogens (tertiary/aromatic N) is 1. The van der Waals surface area contributed by atoms with Gasteiger partial charge in [-0.1, -0.05) is 19.1 Å². The summed E-state index contributed by atoms with van der Waals surface area (Å²) < 4.78 is 22.9. The van der Waals surface area contributed by atoms with E-state index in [0.29, 0.717) is 10.9 Å². The summed E-state index contributed by atoms with van der Waals surface area (Å²) in [6.07, 6.45) is 2.29. The minimum absolute atomic E-state index is 0. The van der Waals surface area contributed by atoms with Gasteiger partial charge < -0.3 is 5.32 Å². The van der Waals surface area contributed by atoms with Gasteiger partial charge in [-0.2, -0.15) is 0 Å². The SMILES string of the molecule is CC[C@@H](c1ccc(S(C)(=O)=O)cc1)N1CCNCC1.Cl.Cl. The van der Waals surface area contributed by atoms with Gasteiger partial charge in [0, 0.05) is 38.5 Å². The van der Waals surface area contributed by atoms with Crippen LogP contribution in [0.4, 0.5) is 0 Å². The van der Waals surface area contributed by atoms with Crippen LogP contribution in [-0.2, 0) is 9.84 Å². The zero-order valence-corrected chi connectivity index (χ0v) is 14.9. The standard InChI is InChI=1S/C14H22N2O2S.2ClH/c1-3-14(16-10-8-15-9-11-16)12-4-6-13(7-5-12)19(2,17)18;;/h4-7,14-15H,3,8-11H2,1-2H3;2*1H/t14-;;/m0../s1. The average molecular weight is 355 g/mol. The molecule has 1 atom stereocenters. The van der Waals surface area contributed by atoms with E-state index < -0.39 is 9.84 Å². The molecule has 1 aliphatic rings. The second kappa shape index (κ2) is 8.96.